The summed E-state index contributed by atoms with van der Waals surface area (Å²) < 4.78 is 27.0. The summed E-state index contributed by atoms with van der Waals surface area (Å²) in [7, 11) is 0. The van der Waals surface area contributed by atoms with Crippen molar-refractivity contribution in [1.29, 1.82) is 0 Å². The molecule has 0 atom stereocenters. The zero-order valence-corrected chi connectivity index (χ0v) is 8.53. The molecule has 0 radical (unpaired) electrons. The van der Waals surface area contributed by atoms with Gasteiger partial charge in [0.2, 0.25) is 0 Å². The van der Waals surface area contributed by atoms with E-state index in [-0.39, 0.29) is 5.56 Å². The molecule has 84 valence electrons. The van der Waals surface area contributed by atoms with Gasteiger partial charge in [0, 0.05) is 30.2 Å². The van der Waals surface area contributed by atoms with Crippen molar-refractivity contribution in [3.63, 3.8) is 0 Å². The Hall–Kier alpha value is -1.55. The van der Waals surface area contributed by atoms with Crippen LogP contribution in [0.25, 0.3) is 10.9 Å². The molecule has 0 aliphatic rings. The number of benzene rings is 1. The molecule has 0 amide bonds. The molecule has 1 heterocycles. The third kappa shape index (κ3) is 2.02. The maximum Gasteiger partial charge on any atom is 0.275 e. The standard InChI is InChI=1S/C12H11F2NO/c13-12(14,5-7-16)10-3-4-11-9(8-10)2-1-6-15-11/h1-4,6,8,16H,5,7H2. The van der Waals surface area contributed by atoms with Gasteiger partial charge in [0.05, 0.1) is 5.52 Å². The summed E-state index contributed by atoms with van der Waals surface area (Å²) in [6.07, 6.45) is 1.06. The number of hydrogen-bond donors (Lipinski definition) is 1. The highest BCUT2D eigenvalue weighted by Gasteiger charge is 2.30. The van der Waals surface area contributed by atoms with Crippen molar-refractivity contribution in [3.05, 3.63) is 42.1 Å². The fourth-order valence-electron chi connectivity index (χ4n) is 1.59. The lowest BCUT2D eigenvalue weighted by Gasteiger charge is -2.15. The molecule has 1 N–H and O–H groups in total. The molecule has 0 saturated heterocycles. The summed E-state index contributed by atoms with van der Waals surface area (Å²) >= 11 is 0. The number of fused-ring (bicyclic) bond motifs is 1. The zero-order chi connectivity index (χ0) is 11.6. The van der Waals surface area contributed by atoms with Crippen molar-refractivity contribution in [1.82, 2.24) is 4.98 Å². The number of halogens is 2. The third-order valence-corrected chi connectivity index (χ3v) is 2.45. The van der Waals surface area contributed by atoms with Crippen molar-refractivity contribution < 1.29 is 13.9 Å². The predicted octanol–water partition coefficient (Wildman–Crippen LogP) is 2.71. The van der Waals surface area contributed by atoms with Crippen LogP contribution in [0.3, 0.4) is 0 Å². The Morgan fingerprint density at radius 2 is 2.06 bits per heavy atom. The Bertz CT molecular complexity index is 499. The van der Waals surface area contributed by atoms with Crippen molar-refractivity contribution in [2.75, 3.05) is 6.61 Å². The monoisotopic (exact) mass is 223 g/mol. The van der Waals surface area contributed by atoms with Gasteiger partial charge in [0.1, 0.15) is 0 Å². The van der Waals surface area contributed by atoms with Crippen LogP contribution >= 0.6 is 0 Å². The molecular weight excluding hydrogens is 212 g/mol. The van der Waals surface area contributed by atoms with Crippen LogP contribution in [-0.2, 0) is 5.92 Å². The van der Waals surface area contributed by atoms with Crippen LogP contribution in [0.1, 0.15) is 12.0 Å². The Morgan fingerprint density at radius 1 is 1.25 bits per heavy atom. The number of aromatic nitrogens is 1. The summed E-state index contributed by atoms with van der Waals surface area (Å²) in [4.78, 5) is 4.06. The average molecular weight is 223 g/mol. The number of rotatable bonds is 3. The molecule has 2 rings (SSSR count). The quantitative estimate of drug-likeness (QED) is 0.867. The van der Waals surface area contributed by atoms with Crippen molar-refractivity contribution >= 4 is 10.9 Å². The largest absolute Gasteiger partial charge is 0.396 e. The van der Waals surface area contributed by atoms with Crippen molar-refractivity contribution in [2.45, 2.75) is 12.3 Å². The second-order valence-corrected chi connectivity index (χ2v) is 3.59. The molecule has 0 aliphatic heterocycles. The van der Waals surface area contributed by atoms with Gasteiger partial charge in [-0.1, -0.05) is 12.1 Å². The smallest absolute Gasteiger partial charge is 0.275 e. The lowest BCUT2D eigenvalue weighted by atomic mass is 10.0. The summed E-state index contributed by atoms with van der Waals surface area (Å²) in [6.45, 7) is -0.530. The molecule has 1 aromatic heterocycles. The molecule has 16 heavy (non-hydrogen) atoms. The van der Waals surface area contributed by atoms with E-state index >= 15 is 0 Å². The minimum absolute atomic E-state index is 0.0814. The molecule has 1 aromatic carbocycles. The van der Waals surface area contributed by atoms with E-state index in [2.05, 4.69) is 4.98 Å². The molecule has 0 fully saturated rings. The highest BCUT2D eigenvalue weighted by atomic mass is 19.3. The predicted molar refractivity (Wildman–Crippen MR) is 57.3 cm³/mol. The van der Waals surface area contributed by atoms with Gasteiger partial charge >= 0.3 is 0 Å². The van der Waals surface area contributed by atoms with E-state index < -0.39 is 19.0 Å². The maximum atomic E-state index is 13.5. The zero-order valence-electron chi connectivity index (χ0n) is 8.53. The second kappa shape index (κ2) is 4.14. The van der Waals surface area contributed by atoms with Crippen LogP contribution in [0.5, 0.6) is 0 Å². The minimum atomic E-state index is -2.99. The van der Waals surface area contributed by atoms with Crippen LogP contribution in [0.2, 0.25) is 0 Å². The molecule has 0 bridgehead atoms. The third-order valence-electron chi connectivity index (χ3n) is 2.45. The molecule has 0 unspecified atom stereocenters. The Balaban J connectivity index is 2.46. The highest BCUT2D eigenvalue weighted by Crippen LogP contribution is 2.32. The van der Waals surface area contributed by atoms with Gasteiger partial charge in [-0.2, -0.15) is 0 Å². The molecule has 2 aromatic rings. The van der Waals surface area contributed by atoms with Gasteiger partial charge in [-0.05, 0) is 18.2 Å². The lowest BCUT2D eigenvalue weighted by molar-refractivity contribution is -0.0268. The summed E-state index contributed by atoms with van der Waals surface area (Å²) in [5, 5.41) is 9.26. The van der Waals surface area contributed by atoms with Gasteiger partial charge in [0.25, 0.3) is 5.92 Å². The first-order valence-electron chi connectivity index (χ1n) is 4.97. The van der Waals surface area contributed by atoms with Crippen molar-refractivity contribution in [3.8, 4) is 0 Å². The van der Waals surface area contributed by atoms with Crippen LogP contribution in [0.15, 0.2) is 36.5 Å². The van der Waals surface area contributed by atoms with Crippen molar-refractivity contribution in [2.24, 2.45) is 0 Å². The molecule has 0 spiro atoms. The second-order valence-electron chi connectivity index (χ2n) is 3.59. The average Bonchev–Trinajstić information content (AvgIpc) is 2.28. The molecule has 4 heteroatoms. The summed E-state index contributed by atoms with van der Waals surface area (Å²) in [6, 6.07) is 7.77. The van der Waals surface area contributed by atoms with E-state index in [4.69, 9.17) is 5.11 Å². The Labute approximate surface area is 91.6 Å². The highest BCUT2D eigenvalue weighted by molar-refractivity contribution is 5.79. The van der Waals surface area contributed by atoms with E-state index in [0.717, 1.165) is 0 Å². The van der Waals surface area contributed by atoms with Crippen LogP contribution < -0.4 is 0 Å². The number of nitrogens with zero attached hydrogens (tertiary/aromatic N) is 1. The van der Waals surface area contributed by atoms with Crippen LogP contribution in [0, 0.1) is 0 Å². The number of aliphatic hydroxyl groups is 1. The van der Waals surface area contributed by atoms with Gasteiger partial charge in [-0.25, -0.2) is 8.78 Å². The SMILES string of the molecule is OCCC(F)(F)c1ccc2ncccc2c1. The first-order chi connectivity index (χ1) is 7.63. The molecule has 0 saturated carbocycles. The molecule has 0 aliphatic carbocycles. The maximum absolute atomic E-state index is 13.5. The van der Waals surface area contributed by atoms with E-state index in [1.165, 1.54) is 12.1 Å². The Kier molecular flexibility index (Phi) is 2.83. The first-order valence-corrected chi connectivity index (χ1v) is 4.97. The first kappa shape index (κ1) is 11.0. The fourth-order valence-corrected chi connectivity index (χ4v) is 1.59. The normalized spacial score (nSPS) is 11.9. The summed E-state index contributed by atoms with van der Waals surface area (Å²) in [5.41, 5.74) is 0.605. The van der Waals surface area contributed by atoms with Gasteiger partial charge < -0.3 is 5.11 Å². The van der Waals surface area contributed by atoms with E-state index in [9.17, 15) is 8.78 Å². The lowest BCUT2D eigenvalue weighted by Crippen LogP contribution is -2.15. The molecule has 2 nitrogen and oxygen atoms in total. The Morgan fingerprint density at radius 3 is 2.81 bits per heavy atom. The van der Waals surface area contributed by atoms with Gasteiger partial charge in [0.15, 0.2) is 0 Å². The van der Waals surface area contributed by atoms with E-state index in [1.807, 2.05) is 0 Å². The van der Waals surface area contributed by atoms with Crippen LogP contribution in [0.4, 0.5) is 8.78 Å². The van der Waals surface area contributed by atoms with E-state index in [1.54, 1.807) is 24.4 Å². The fraction of sp³-hybridized carbons (Fsp3) is 0.250. The van der Waals surface area contributed by atoms with Gasteiger partial charge in [-0.3, -0.25) is 4.98 Å². The number of pyridine rings is 1. The number of aliphatic hydroxyl groups excluding tert-OH is 1. The summed E-state index contributed by atoms with van der Waals surface area (Å²) in [5.74, 6) is -2.99. The van der Waals surface area contributed by atoms with Gasteiger partial charge in [-0.15, -0.1) is 0 Å². The number of hydrogen-bond acceptors (Lipinski definition) is 2. The molecular formula is C12H11F2NO. The minimum Gasteiger partial charge on any atom is -0.396 e. The number of alkyl halides is 2. The topological polar surface area (TPSA) is 33.1 Å². The van der Waals surface area contributed by atoms with E-state index in [0.29, 0.717) is 10.9 Å². The van der Waals surface area contributed by atoms with Crippen LogP contribution in [-0.4, -0.2) is 16.7 Å².